The highest BCUT2D eigenvalue weighted by atomic mass is 32.2. The van der Waals surface area contributed by atoms with E-state index in [0.717, 1.165) is 5.56 Å². The minimum atomic E-state index is -3.35. The summed E-state index contributed by atoms with van der Waals surface area (Å²) in [6.45, 7) is 2.48. The molecule has 0 saturated carbocycles. The Bertz CT molecular complexity index is 1070. The number of ether oxygens (including phenoxy) is 2. The van der Waals surface area contributed by atoms with Crippen LogP contribution in [0.4, 0.5) is 5.69 Å². The molecule has 0 amide bonds. The van der Waals surface area contributed by atoms with E-state index in [2.05, 4.69) is 0 Å². The van der Waals surface area contributed by atoms with Crippen molar-refractivity contribution in [2.24, 2.45) is 0 Å². The molecule has 8 heteroatoms. The molecule has 0 N–H and O–H groups in total. The fraction of sp³-hybridized carbons (Fsp3) is 0.333. The summed E-state index contributed by atoms with van der Waals surface area (Å²) in [6.07, 6.45) is 2.60. The number of Topliss-reactive ketones (excluding diaryl/α,β-unsaturated/α-hetero) is 1. The lowest BCUT2D eigenvalue weighted by molar-refractivity contribution is 0.0919. The van der Waals surface area contributed by atoms with Crippen LogP contribution in [0.5, 0.6) is 11.5 Å². The summed E-state index contributed by atoms with van der Waals surface area (Å²) < 4.78 is 36.4. The van der Waals surface area contributed by atoms with Crippen LogP contribution in [0.25, 0.3) is 0 Å². The number of carbonyl (C=O) groups excluding carboxylic acids is 1. The lowest BCUT2D eigenvalue weighted by Gasteiger charge is -2.29. The normalized spacial score (nSPS) is 13.3. The summed E-state index contributed by atoms with van der Waals surface area (Å²) >= 11 is 0. The van der Waals surface area contributed by atoms with Gasteiger partial charge < -0.3 is 9.47 Å². The predicted molar refractivity (Wildman–Crippen MR) is 109 cm³/mol. The molecule has 2 aromatic carbocycles. The molecule has 0 bridgehead atoms. The molecule has 0 aliphatic carbocycles. The number of sulfonamides is 1. The number of anilines is 1. The second-order valence-electron chi connectivity index (χ2n) is 6.70. The topological polar surface area (TPSA) is 96.7 Å². The van der Waals surface area contributed by atoms with Crippen LogP contribution in [-0.2, 0) is 16.4 Å². The number of hydrogen-bond donors (Lipinski definition) is 0. The van der Waals surface area contributed by atoms with E-state index in [0.29, 0.717) is 54.3 Å². The first-order chi connectivity index (χ1) is 13.8. The first-order valence-corrected chi connectivity index (χ1v) is 11.1. The number of fused-ring (bicyclic) bond motifs is 1. The summed E-state index contributed by atoms with van der Waals surface area (Å²) in [5, 5.41) is 9.01. The van der Waals surface area contributed by atoms with Gasteiger partial charge in [-0.3, -0.25) is 9.10 Å². The molecule has 0 saturated heterocycles. The van der Waals surface area contributed by atoms with Gasteiger partial charge in [0, 0.05) is 18.2 Å². The number of aryl methyl sites for hydroxylation is 1. The Hall–Kier alpha value is -3.05. The Morgan fingerprint density at radius 1 is 1.17 bits per heavy atom. The highest BCUT2D eigenvalue weighted by molar-refractivity contribution is 7.92. The molecule has 0 fully saturated rings. The van der Waals surface area contributed by atoms with Crippen LogP contribution in [0.1, 0.15) is 34.8 Å². The van der Waals surface area contributed by atoms with Gasteiger partial charge in [-0.2, -0.15) is 5.26 Å². The molecule has 1 heterocycles. The average molecular weight is 414 g/mol. The van der Waals surface area contributed by atoms with E-state index < -0.39 is 10.0 Å². The van der Waals surface area contributed by atoms with E-state index in [9.17, 15) is 13.2 Å². The third kappa shape index (κ3) is 4.69. The van der Waals surface area contributed by atoms with E-state index in [1.54, 1.807) is 36.4 Å². The van der Waals surface area contributed by atoms with Crippen LogP contribution >= 0.6 is 0 Å². The highest BCUT2D eigenvalue weighted by Crippen LogP contribution is 2.31. The molecular weight excluding hydrogens is 392 g/mol. The van der Waals surface area contributed by atoms with Gasteiger partial charge in [-0.05, 0) is 55.7 Å². The first-order valence-electron chi connectivity index (χ1n) is 9.27. The average Bonchev–Trinajstić information content (AvgIpc) is 2.71. The van der Waals surface area contributed by atoms with Crippen LogP contribution in [0.3, 0.4) is 0 Å². The quantitative estimate of drug-likeness (QED) is 0.646. The van der Waals surface area contributed by atoms with Crippen molar-refractivity contribution in [3.8, 4) is 17.6 Å². The van der Waals surface area contributed by atoms with Gasteiger partial charge in [0.25, 0.3) is 0 Å². The Kier molecular flexibility index (Phi) is 6.09. The second-order valence-corrected chi connectivity index (χ2v) is 8.61. The van der Waals surface area contributed by atoms with Gasteiger partial charge in [0.05, 0.1) is 30.2 Å². The molecule has 7 nitrogen and oxygen atoms in total. The van der Waals surface area contributed by atoms with Crippen LogP contribution < -0.4 is 13.8 Å². The van der Waals surface area contributed by atoms with Gasteiger partial charge in [-0.15, -0.1) is 0 Å². The fourth-order valence-corrected chi connectivity index (χ4v) is 4.27. The number of ketones is 1. The summed E-state index contributed by atoms with van der Waals surface area (Å²) in [5.74, 6) is 0.574. The Morgan fingerprint density at radius 3 is 2.66 bits per heavy atom. The van der Waals surface area contributed by atoms with Crippen molar-refractivity contribution in [3.05, 3.63) is 53.1 Å². The molecule has 0 unspecified atom stereocenters. The predicted octanol–water partition coefficient (Wildman–Crippen LogP) is 2.93. The summed E-state index contributed by atoms with van der Waals surface area (Å²) in [5.41, 5.74) is 2.37. The zero-order chi connectivity index (χ0) is 21.0. The zero-order valence-electron chi connectivity index (χ0n) is 16.3. The van der Waals surface area contributed by atoms with Crippen molar-refractivity contribution in [1.29, 1.82) is 5.26 Å². The molecule has 0 aromatic heterocycles. The van der Waals surface area contributed by atoms with Crippen molar-refractivity contribution in [2.75, 3.05) is 30.3 Å². The lowest BCUT2D eigenvalue weighted by atomic mass is 9.99. The van der Waals surface area contributed by atoms with Gasteiger partial charge in [-0.25, -0.2) is 8.42 Å². The lowest BCUT2D eigenvalue weighted by Crippen LogP contribution is -2.34. The van der Waals surface area contributed by atoms with E-state index in [4.69, 9.17) is 14.7 Å². The van der Waals surface area contributed by atoms with Crippen molar-refractivity contribution >= 4 is 21.5 Å². The van der Waals surface area contributed by atoms with Gasteiger partial charge >= 0.3 is 0 Å². The number of rotatable bonds is 7. The van der Waals surface area contributed by atoms with E-state index in [1.807, 2.05) is 13.0 Å². The maximum absolute atomic E-state index is 12.6. The number of benzene rings is 2. The molecular formula is C21H22N2O5S. The summed E-state index contributed by atoms with van der Waals surface area (Å²) in [7, 11) is -3.35. The molecule has 29 heavy (non-hydrogen) atoms. The molecule has 0 radical (unpaired) electrons. The summed E-state index contributed by atoms with van der Waals surface area (Å²) in [4.78, 5) is 12.6. The molecule has 0 atom stereocenters. The molecule has 1 aliphatic rings. The fourth-order valence-electron chi connectivity index (χ4n) is 3.27. The largest absolute Gasteiger partial charge is 0.490 e. The van der Waals surface area contributed by atoms with Gasteiger partial charge in [0.15, 0.2) is 23.9 Å². The Balaban J connectivity index is 1.77. The number of carbonyl (C=O) groups is 1. The van der Waals surface area contributed by atoms with Gasteiger partial charge in [0.2, 0.25) is 10.0 Å². The second kappa shape index (κ2) is 8.53. The van der Waals surface area contributed by atoms with Crippen molar-refractivity contribution < 1.29 is 22.7 Å². The van der Waals surface area contributed by atoms with Crippen LogP contribution in [0.2, 0.25) is 0 Å². The highest BCUT2D eigenvalue weighted by Gasteiger charge is 2.24. The van der Waals surface area contributed by atoms with Crippen molar-refractivity contribution in [3.63, 3.8) is 0 Å². The molecule has 2 aromatic rings. The first kappa shape index (κ1) is 20.7. The van der Waals surface area contributed by atoms with Crippen LogP contribution in [0.15, 0.2) is 36.4 Å². The maximum atomic E-state index is 12.6. The molecule has 152 valence electrons. The number of nitrogens with zero attached hydrogens (tertiary/aromatic N) is 2. The smallest absolute Gasteiger partial charge is 0.232 e. The third-order valence-electron chi connectivity index (χ3n) is 4.61. The van der Waals surface area contributed by atoms with Crippen molar-refractivity contribution in [2.45, 2.75) is 19.8 Å². The standard InChI is InChI=1S/C21H22N2O5S/c1-3-27-21-11-15(13-22)6-9-20(21)28-14-19(24)17-7-8-18-16(12-17)5-4-10-23(18)29(2,25)26/h6-9,11-12H,3-5,10,14H2,1-2H3. The minimum absolute atomic E-state index is 0.194. The van der Waals surface area contributed by atoms with E-state index in [1.165, 1.54) is 10.6 Å². The van der Waals surface area contributed by atoms with Gasteiger partial charge in [0.1, 0.15) is 0 Å². The SMILES string of the molecule is CCOc1cc(C#N)ccc1OCC(=O)c1ccc2c(c1)CCCN2S(C)(=O)=O. The Labute approximate surface area is 170 Å². The van der Waals surface area contributed by atoms with E-state index in [-0.39, 0.29) is 12.4 Å². The van der Waals surface area contributed by atoms with Gasteiger partial charge in [-0.1, -0.05) is 0 Å². The summed E-state index contributed by atoms with van der Waals surface area (Å²) in [6, 6.07) is 11.8. The van der Waals surface area contributed by atoms with Crippen LogP contribution in [-0.4, -0.2) is 40.2 Å². The monoisotopic (exact) mass is 414 g/mol. The number of hydrogen-bond acceptors (Lipinski definition) is 6. The minimum Gasteiger partial charge on any atom is -0.490 e. The third-order valence-corrected chi connectivity index (χ3v) is 5.79. The maximum Gasteiger partial charge on any atom is 0.232 e. The number of nitriles is 1. The Morgan fingerprint density at radius 2 is 1.97 bits per heavy atom. The zero-order valence-corrected chi connectivity index (χ0v) is 17.2. The molecule has 3 rings (SSSR count). The van der Waals surface area contributed by atoms with Crippen LogP contribution in [0, 0.1) is 11.3 Å². The van der Waals surface area contributed by atoms with E-state index >= 15 is 0 Å². The molecule has 0 spiro atoms. The molecule has 1 aliphatic heterocycles. The van der Waals surface area contributed by atoms with Crippen molar-refractivity contribution in [1.82, 2.24) is 0 Å².